The third-order valence-electron chi connectivity index (χ3n) is 7.74. The fraction of sp³-hybridized carbons (Fsp3) is 0.731. The lowest BCUT2D eigenvalue weighted by atomic mass is 9.95. The zero-order valence-electron chi connectivity index (χ0n) is 24.1. The molecule has 1 amide bonds. The van der Waals surface area contributed by atoms with Crippen LogP contribution >= 0.6 is 0 Å². The van der Waals surface area contributed by atoms with Crippen LogP contribution in [0.25, 0.3) is 0 Å². The number of amides is 1. The molecular weight excluding hydrogens is 612 g/mol. The van der Waals surface area contributed by atoms with E-state index < -0.39 is 116 Å². The summed E-state index contributed by atoms with van der Waals surface area (Å²) < 4.78 is 34.3. The van der Waals surface area contributed by atoms with Crippen LogP contribution in [0.15, 0.2) is 24.3 Å². The number of aliphatic hydroxyl groups is 8. The highest BCUT2D eigenvalue weighted by Crippen LogP contribution is 2.33. The maximum Gasteiger partial charge on any atom is 0.269 e. The van der Waals surface area contributed by atoms with E-state index in [0.717, 1.165) is 19.1 Å². The summed E-state index contributed by atoms with van der Waals surface area (Å²) in [7, 11) is 0. The molecule has 3 fully saturated rings. The maximum absolute atomic E-state index is 12.2. The molecule has 15 atom stereocenters. The monoisotopic (exact) mass is 650 g/mol. The van der Waals surface area contributed by atoms with Gasteiger partial charge in [0.05, 0.1) is 24.2 Å². The predicted octanol–water partition coefficient (Wildman–Crippen LogP) is -4.41. The number of nitrogens with zero attached hydrogens (tertiary/aromatic N) is 1. The Morgan fingerprint density at radius 1 is 0.800 bits per heavy atom. The van der Waals surface area contributed by atoms with Crippen LogP contribution in [0.4, 0.5) is 5.69 Å². The van der Waals surface area contributed by atoms with Crippen LogP contribution in [0.5, 0.6) is 5.75 Å². The van der Waals surface area contributed by atoms with Gasteiger partial charge in [0, 0.05) is 19.1 Å². The van der Waals surface area contributed by atoms with Crippen molar-refractivity contribution in [2.75, 3.05) is 13.2 Å². The van der Waals surface area contributed by atoms with Gasteiger partial charge in [0.2, 0.25) is 12.2 Å². The van der Waals surface area contributed by atoms with Gasteiger partial charge in [-0.25, -0.2) is 0 Å². The van der Waals surface area contributed by atoms with E-state index in [4.69, 9.17) is 28.4 Å². The number of nitro benzene ring substituents is 1. The van der Waals surface area contributed by atoms with Crippen molar-refractivity contribution in [1.82, 2.24) is 5.32 Å². The van der Waals surface area contributed by atoms with Crippen LogP contribution in [0.2, 0.25) is 0 Å². The van der Waals surface area contributed by atoms with Gasteiger partial charge in [-0.1, -0.05) is 0 Å². The van der Waals surface area contributed by atoms with E-state index in [-0.39, 0.29) is 11.4 Å². The average Bonchev–Trinajstić information content (AvgIpc) is 3.00. The molecule has 45 heavy (non-hydrogen) atoms. The minimum absolute atomic E-state index is 0.0418. The van der Waals surface area contributed by atoms with Gasteiger partial charge in [-0.3, -0.25) is 14.9 Å². The summed E-state index contributed by atoms with van der Waals surface area (Å²) >= 11 is 0. The first-order valence-corrected chi connectivity index (χ1v) is 14.0. The van der Waals surface area contributed by atoms with Gasteiger partial charge >= 0.3 is 0 Å². The van der Waals surface area contributed by atoms with E-state index in [9.17, 15) is 55.8 Å². The highest BCUT2D eigenvalue weighted by Gasteiger charge is 2.54. The van der Waals surface area contributed by atoms with E-state index in [0.29, 0.717) is 0 Å². The minimum atomic E-state index is -1.88. The molecule has 1 aromatic rings. The zero-order chi connectivity index (χ0) is 33.2. The Kier molecular flexibility index (Phi) is 11.6. The molecule has 0 unspecified atom stereocenters. The molecule has 9 N–H and O–H groups in total. The van der Waals surface area contributed by atoms with Crippen molar-refractivity contribution in [2.45, 2.75) is 106 Å². The molecule has 3 aliphatic heterocycles. The number of non-ortho nitro benzene ring substituents is 1. The van der Waals surface area contributed by atoms with Gasteiger partial charge in [-0.2, -0.15) is 0 Å². The summed E-state index contributed by atoms with van der Waals surface area (Å²) in [4.78, 5) is 22.6. The minimum Gasteiger partial charge on any atom is -0.463 e. The normalized spacial score (nSPS) is 42.1. The number of ether oxygens (including phenoxy) is 6. The van der Waals surface area contributed by atoms with Gasteiger partial charge in [0.1, 0.15) is 72.8 Å². The SMILES string of the molecule is CC(=O)N[C@H]1[C@H](Oc2ccc([N+](=O)[O-])cc2)O[C@H](CO)[C@@H](O)[C@@H]1O[C@@H]1O[C@H](CO)[C@H](O)[C@H](O)[C@H]1O[C@@H]1O[C@@H](C)[C@@H](O)[C@@H](O)[C@@H]1O. The third kappa shape index (κ3) is 7.68. The number of nitro groups is 1. The summed E-state index contributed by atoms with van der Waals surface area (Å²) in [5, 5.41) is 96.6. The van der Waals surface area contributed by atoms with Gasteiger partial charge in [-0.15, -0.1) is 0 Å². The van der Waals surface area contributed by atoms with Crippen LogP contribution < -0.4 is 10.1 Å². The molecular formula is C26H38N2O17. The van der Waals surface area contributed by atoms with Crippen LogP contribution in [-0.4, -0.2) is 157 Å². The van der Waals surface area contributed by atoms with Crippen molar-refractivity contribution in [3.05, 3.63) is 34.4 Å². The molecule has 0 bridgehead atoms. The quantitative estimate of drug-likeness (QED) is 0.0853. The number of hydrogen-bond acceptors (Lipinski definition) is 17. The Morgan fingerprint density at radius 2 is 1.38 bits per heavy atom. The lowest BCUT2D eigenvalue weighted by Gasteiger charge is -2.49. The number of benzene rings is 1. The Morgan fingerprint density at radius 3 is 1.96 bits per heavy atom. The van der Waals surface area contributed by atoms with Crippen molar-refractivity contribution in [1.29, 1.82) is 0 Å². The smallest absolute Gasteiger partial charge is 0.269 e. The number of nitrogens with one attached hydrogen (secondary N) is 1. The zero-order valence-corrected chi connectivity index (χ0v) is 24.1. The van der Waals surface area contributed by atoms with E-state index in [1.807, 2.05) is 0 Å². The molecule has 254 valence electrons. The summed E-state index contributed by atoms with van der Waals surface area (Å²) in [6, 6.07) is 3.41. The summed E-state index contributed by atoms with van der Waals surface area (Å²) in [5.74, 6) is -0.606. The molecule has 3 heterocycles. The first-order valence-electron chi connectivity index (χ1n) is 14.0. The van der Waals surface area contributed by atoms with Gasteiger partial charge in [0.15, 0.2) is 12.6 Å². The molecule has 0 aliphatic carbocycles. The number of carbonyl (C=O) groups is 1. The number of aliphatic hydroxyl groups excluding tert-OH is 8. The Hall–Kier alpha value is -2.63. The molecule has 0 spiro atoms. The fourth-order valence-electron chi connectivity index (χ4n) is 5.25. The van der Waals surface area contributed by atoms with Crippen LogP contribution in [0.1, 0.15) is 13.8 Å². The van der Waals surface area contributed by atoms with Crippen LogP contribution in [-0.2, 0) is 28.5 Å². The molecule has 0 radical (unpaired) electrons. The molecule has 4 rings (SSSR count). The lowest BCUT2D eigenvalue weighted by Crippen LogP contribution is -2.69. The first kappa shape index (κ1) is 35.2. The molecule has 1 aromatic carbocycles. The number of hydrogen-bond donors (Lipinski definition) is 9. The van der Waals surface area contributed by atoms with Crippen molar-refractivity contribution >= 4 is 11.6 Å². The van der Waals surface area contributed by atoms with Crippen molar-refractivity contribution < 1.29 is 79.0 Å². The standard InChI is InChI=1S/C26H38N2O17/c1-9-16(32)19(35)21(37)25(40-9)45-23-20(36)17(33)13(7-29)43-26(23)44-22-15(27-10(2)31)24(42-14(8-30)18(22)34)41-12-5-3-11(4-6-12)28(38)39/h3-6,9,13-26,29-30,32-37H,7-8H2,1-2H3,(H,27,31)/t9-,13+,14+,15+,16+,17-,18+,19+,20-,21-,22+,23+,24+,25-,26-/m0/s1. The largest absolute Gasteiger partial charge is 0.463 e. The Balaban J connectivity index is 1.64. The van der Waals surface area contributed by atoms with Crippen molar-refractivity contribution in [3.8, 4) is 5.75 Å². The molecule has 19 heteroatoms. The van der Waals surface area contributed by atoms with Crippen LogP contribution in [0, 0.1) is 10.1 Å². The number of rotatable bonds is 10. The lowest BCUT2D eigenvalue weighted by molar-refractivity contribution is -0.384. The van der Waals surface area contributed by atoms with Crippen molar-refractivity contribution in [2.24, 2.45) is 0 Å². The second-order valence-corrected chi connectivity index (χ2v) is 10.9. The Labute approximate surface area is 255 Å². The highest BCUT2D eigenvalue weighted by atomic mass is 16.8. The van der Waals surface area contributed by atoms with Gasteiger partial charge in [-0.05, 0) is 19.1 Å². The van der Waals surface area contributed by atoms with E-state index >= 15 is 0 Å². The molecule has 0 saturated carbocycles. The molecule has 0 aromatic heterocycles. The maximum atomic E-state index is 12.2. The first-order chi connectivity index (χ1) is 21.3. The average molecular weight is 651 g/mol. The highest BCUT2D eigenvalue weighted by molar-refractivity contribution is 5.73. The van der Waals surface area contributed by atoms with E-state index in [1.165, 1.54) is 19.1 Å². The van der Waals surface area contributed by atoms with E-state index in [2.05, 4.69) is 5.32 Å². The van der Waals surface area contributed by atoms with Crippen LogP contribution in [0.3, 0.4) is 0 Å². The van der Waals surface area contributed by atoms with Gasteiger partial charge < -0.3 is 74.6 Å². The van der Waals surface area contributed by atoms with Gasteiger partial charge in [0.25, 0.3) is 5.69 Å². The topological polar surface area (TPSA) is 289 Å². The summed E-state index contributed by atoms with van der Waals surface area (Å²) in [5.41, 5.74) is -0.238. The van der Waals surface area contributed by atoms with Crippen molar-refractivity contribution in [3.63, 3.8) is 0 Å². The summed E-state index contributed by atoms with van der Waals surface area (Å²) in [6.07, 6.45) is -22.6. The molecule has 3 aliphatic rings. The second-order valence-electron chi connectivity index (χ2n) is 10.9. The predicted molar refractivity (Wildman–Crippen MR) is 143 cm³/mol. The third-order valence-corrected chi connectivity index (χ3v) is 7.74. The molecule has 3 saturated heterocycles. The molecule has 19 nitrogen and oxygen atoms in total. The summed E-state index contributed by atoms with van der Waals surface area (Å²) in [6.45, 7) is 0.926. The van der Waals surface area contributed by atoms with E-state index in [1.54, 1.807) is 0 Å². The number of carbonyl (C=O) groups excluding carboxylic acids is 1. The fourth-order valence-corrected chi connectivity index (χ4v) is 5.25. The second kappa shape index (κ2) is 14.9. The Bertz CT molecular complexity index is 1140.